The predicted molar refractivity (Wildman–Crippen MR) is 63.7 cm³/mol. The zero-order chi connectivity index (χ0) is 11.0. The topological polar surface area (TPSA) is 39.2 Å². The number of esters is 1. The summed E-state index contributed by atoms with van der Waals surface area (Å²) < 4.78 is 6.80. The first kappa shape index (κ1) is 10.9. The second kappa shape index (κ2) is 4.08. The minimum absolute atomic E-state index is 0.387. The Labute approximate surface area is 103 Å². The largest absolute Gasteiger partial charge is 0.465 e. The molecule has 0 N–H and O–H groups in total. The van der Waals surface area contributed by atoms with Crippen molar-refractivity contribution in [3.05, 3.63) is 26.6 Å². The number of ether oxygens (including phenoxy) is 1. The summed E-state index contributed by atoms with van der Waals surface area (Å²) in [6, 6.07) is 3.36. The van der Waals surface area contributed by atoms with Gasteiger partial charge in [-0.1, -0.05) is 11.6 Å². The number of aromatic nitrogens is 1. The number of thiazole rings is 1. The van der Waals surface area contributed by atoms with Crippen molar-refractivity contribution < 1.29 is 9.53 Å². The van der Waals surface area contributed by atoms with Gasteiger partial charge < -0.3 is 4.74 Å². The molecule has 0 aliphatic carbocycles. The van der Waals surface area contributed by atoms with Crippen LogP contribution < -0.4 is 0 Å². The quantitative estimate of drug-likeness (QED) is 0.757. The van der Waals surface area contributed by atoms with E-state index in [-0.39, 0.29) is 5.97 Å². The number of hydrogen-bond acceptors (Lipinski definition) is 4. The Balaban J connectivity index is 2.66. The van der Waals surface area contributed by atoms with E-state index in [0.717, 1.165) is 9.17 Å². The van der Waals surface area contributed by atoms with Crippen LogP contribution in [0.2, 0.25) is 4.47 Å². The number of benzene rings is 1. The Morgan fingerprint density at radius 1 is 1.60 bits per heavy atom. The number of nitrogens with zero attached hydrogens (tertiary/aromatic N) is 1. The predicted octanol–water partition coefficient (Wildman–Crippen LogP) is 3.50. The molecule has 0 radical (unpaired) electrons. The van der Waals surface area contributed by atoms with Crippen LogP contribution in [0.25, 0.3) is 10.2 Å². The van der Waals surface area contributed by atoms with E-state index in [2.05, 4.69) is 25.7 Å². The van der Waals surface area contributed by atoms with Crippen LogP contribution in [0, 0.1) is 0 Å². The standard InChI is InChI=1S/C9H5BrClNO2S/c1-14-8(13)4-2-5(10)7-6(3-4)12-9(11)15-7/h2-3H,1H3. The average Bonchev–Trinajstić information content (AvgIpc) is 2.58. The SMILES string of the molecule is COC(=O)c1cc(Br)c2sc(Cl)nc2c1. The zero-order valence-electron chi connectivity index (χ0n) is 7.58. The molecule has 2 rings (SSSR count). The van der Waals surface area contributed by atoms with E-state index in [9.17, 15) is 4.79 Å². The van der Waals surface area contributed by atoms with Gasteiger partial charge >= 0.3 is 5.97 Å². The van der Waals surface area contributed by atoms with E-state index >= 15 is 0 Å². The van der Waals surface area contributed by atoms with Gasteiger partial charge in [0.2, 0.25) is 0 Å². The van der Waals surface area contributed by atoms with Gasteiger partial charge in [-0.05, 0) is 28.1 Å². The first-order valence-electron chi connectivity index (χ1n) is 3.95. The molecule has 1 heterocycles. The van der Waals surface area contributed by atoms with Crippen molar-refractivity contribution in [2.45, 2.75) is 0 Å². The van der Waals surface area contributed by atoms with Crippen LogP contribution in [-0.4, -0.2) is 18.1 Å². The molecule has 2 aromatic rings. The second-order valence-electron chi connectivity index (χ2n) is 2.76. The molecule has 0 atom stereocenters. The number of carbonyl (C=O) groups is 1. The molecule has 6 heteroatoms. The van der Waals surface area contributed by atoms with Crippen molar-refractivity contribution in [3.8, 4) is 0 Å². The monoisotopic (exact) mass is 305 g/mol. The molecule has 1 aromatic heterocycles. The Kier molecular flexibility index (Phi) is 2.95. The van der Waals surface area contributed by atoms with Crippen molar-refractivity contribution in [2.24, 2.45) is 0 Å². The molecule has 78 valence electrons. The maximum atomic E-state index is 11.3. The normalized spacial score (nSPS) is 10.6. The third-order valence-corrected chi connectivity index (χ3v) is 3.94. The molecular weight excluding hydrogens is 302 g/mol. The fraction of sp³-hybridized carbons (Fsp3) is 0.111. The van der Waals surface area contributed by atoms with E-state index in [1.165, 1.54) is 18.4 Å². The highest BCUT2D eigenvalue weighted by Crippen LogP contribution is 2.33. The molecule has 3 nitrogen and oxygen atoms in total. The van der Waals surface area contributed by atoms with Gasteiger partial charge in [0.1, 0.15) is 0 Å². The molecule has 0 saturated heterocycles. The Bertz CT molecular complexity index is 540. The number of hydrogen-bond donors (Lipinski definition) is 0. The van der Waals surface area contributed by atoms with Gasteiger partial charge in [0.05, 0.1) is 22.9 Å². The summed E-state index contributed by atoms with van der Waals surface area (Å²) in [7, 11) is 1.34. The second-order valence-corrected chi connectivity index (χ2v) is 5.20. The smallest absolute Gasteiger partial charge is 0.337 e. The Morgan fingerprint density at radius 3 is 3.00 bits per heavy atom. The first-order valence-corrected chi connectivity index (χ1v) is 5.94. The third-order valence-electron chi connectivity index (χ3n) is 1.84. The number of carbonyl (C=O) groups excluding carboxylic acids is 1. The van der Waals surface area contributed by atoms with E-state index in [1.54, 1.807) is 12.1 Å². The molecule has 0 aliphatic heterocycles. The van der Waals surface area contributed by atoms with Crippen molar-refractivity contribution in [1.29, 1.82) is 0 Å². The Hall–Kier alpha value is -0.650. The molecule has 0 spiro atoms. The summed E-state index contributed by atoms with van der Waals surface area (Å²) in [5.74, 6) is -0.387. The summed E-state index contributed by atoms with van der Waals surface area (Å²) in [4.78, 5) is 15.4. The van der Waals surface area contributed by atoms with Crippen LogP contribution in [0.3, 0.4) is 0 Å². The molecule has 0 saturated carbocycles. The van der Waals surface area contributed by atoms with Crippen molar-refractivity contribution in [3.63, 3.8) is 0 Å². The molecular formula is C9H5BrClNO2S. The van der Waals surface area contributed by atoms with Gasteiger partial charge in [-0.3, -0.25) is 0 Å². The molecule has 0 fully saturated rings. The lowest BCUT2D eigenvalue weighted by molar-refractivity contribution is 0.0601. The average molecular weight is 307 g/mol. The lowest BCUT2D eigenvalue weighted by atomic mass is 10.2. The zero-order valence-corrected chi connectivity index (χ0v) is 10.7. The lowest BCUT2D eigenvalue weighted by Gasteiger charge is -1.99. The molecule has 1 aromatic carbocycles. The number of fused-ring (bicyclic) bond motifs is 1. The maximum absolute atomic E-state index is 11.3. The van der Waals surface area contributed by atoms with Gasteiger partial charge in [-0.15, -0.1) is 11.3 Å². The van der Waals surface area contributed by atoms with Crippen LogP contribution in [0.15, 0.2) is 16.6 Å². The van der Waals surface area contributed by atoms with Gasteiger partial charge in [0.25, 0.3) is 0 Å². The number of halogens is 2. The van der Waals surface area contributed by atoms with Gasteiger partial charge in [0, 0.05) is 4.47 Å². The van der Waals surface area contributed by atoms with E-state index in [4.69, 9.17) is 11.6 Å². The highest BCUT2D eigenvalue weighted by atomic mass is 79.9. The van der Waals surface area contributed by atoms with Crippen molar-refractivity contribution >= 4 is 55.1 Å². The minimum Gasteiger partial charge on any atom is -0.465 e. The first-order chi connectivity index (χ1) is 7.11. The summed E-state index contributed by atoms with van der Waals surface area (Å²) in [6.45, 7) is 0. The third kappa shape index (κ3) is 2.00. The van der Waals surface area contributed by atoms with E-state index in [0.29, 0.717) is 15.5 Å². The van der Waals surface area contributed by atoms with Crippen molar-refractivity contribution in [2.75, 3.05) is 7.11 Å². The fourth-order valence-corrected chi connectivity index (χ4v) is 2.89. The lowest BCUT2D eigenvalue weighted by Crippen LogP contribution is -2.00. The molecule has 0 aliphatic rings. The van der Waals surface area contributed by atoms with E-state index < -0.39 is 0 Å². The molecule has 0 unspecified atom stereocenters. The maximum Gasteiger partial charge on any atom is 0.337 e. The number of methoxy groups -OCH3 is 1. The molecule has 0 bridgehead atoms. The van der Waals surface area contributed by atoms with Crippen LogP contribution >= 0.6 is 38.9 Å². The molecule has 0 amide bonds. The van der Waals surface area contributed by atoms with Crippen LogP contribution in [-0.2, 0) is 4.74 Å². The summed E-state index contributed by atoms with van der Waals surface area (Å²) in [5, 5.41) is 0. The van der Waals surface area contributed by atoms with Crippen LogP contribution in [0.1, 0.15) is 10.4 Å². The van der Waals surface area contributed by atoms with Crippen LogP contribution in [0.4, 0.5) is 0 Å². The highest BCUT2D eigenvalue weighted by Gasteiger charge is 2.12. The van der Waals surface area contributed by atoms with Gasteiger partial charge in [-0.2, -0.15) is 0 Å². The van der Waals surface area contributed by atoms with E-state index in [1.807, 2.05) is 0 Å². The summed E-state index contributed by atoms with van der Waals surface area (Å²) in [5.41, 5.74) is 1.15. The van der Waals surface area contributed by atoms with Gasteiger partial charge in [-0.25, -0.2) is 9.78 Å². The highest BCUT2D eigenvalue weighted by molar-refractivity contribution is 9.10. The summed E-state index contributed by atoms with van der Waals surface area (Å²) >= 11 is 10.5. The Morgan fingerprint density at radius 2 is 2.33 bits per heavy atom. The summed E-state index contributed by atoms with van der Waals surface area (Å²) in [6.07, 6.45) is 0. The minimum atomic E-state index is -0.387. The number of rotatable bonds is 1. The van der Waals surface area contributed by atoms with Crippen molar-refractivity contribution in [1.82, 2.24) is 4.98 Å². The van der Waals surface area contributed by atoms with Crippen LogP contribution in [0.5, 0.6) is 0 Å². The fourth-order valence-electron chi connectivity index (χ4n) is 1.20. The van der Waals surface area contributed by atoms with Gasteiger partial charge in [0.15, 0.2) is 4.47 Å². The molecule has 15 heavy (non-hydrogen) atoms.